The van der Waals surface area contributed by atoms with Gasteiger partial charge in [-0.1, -0.05) is 6.92 Å². The van der Waals surface area contributed by atoms with Crippen LogP contribution in [0.5, 0.6) is 0 Å². The quantitative estimate of drug-likeness (QED) is 0.431. The molecule has 0 aromatic carbocycles. The summed E-state index contributed by atoms with van der Waals surface area (Å²) >= 11 is 2.91. The predicted molar refractivity (Wildman–Crippen MR) is 129 cm³/mol. The van der Waals surface area contributed by atoms with Crippen LogP contribution in [0.25, 0.3) is 0 Å². The summed E-state index contributed by atoms with van der Waals surface area (Å²) in [5, 5.41) is 13.7. The van der Waals surface area contributed by atoms with Gasteiger partial charge in [-0.15, -0.1) is 23.1 Å². The number of amides is 1. The molecule has 1 N–H and O–H groups in total. The molecule has 0 radical (unpaired) electrons. The van der Waals surface area contributed by atoms with E-state index in [2.05, 4.69) is 23.3 Å². The van der Waals surface area contributed by atoms with Gasteiger partial charge >= 0.3 is 5.97 Å². The van der Waals surface area contributed by atoms with Crippen LogP contribution in [0.15, 0.2) is 5.03 Å². The number of carbonyl (C=O) groups is 2. The number of carbonyl (C=O) groups excluding carboxylic acids is 2. The van der Waals surface area contributed by atoms with Crippen molar-refractivity contribution in [1.29, 1.82) is 5.26 Å². The standard InChI is InChI=1S/C24H29N3O3S2/c1-6-30-24(29)21-17-8-7-13(2)11-19(17)32-23(21)27-20(28)9-10-31-22-18(12-25)15(4)14(3)16(5)26-22/h13H,6-11H2,1-5H3,(H,27,28). The van der Waals surface area contributed by atoms with Crippen LogP contribution in [-0.2, 0) is 22.4 Å². The number of aryl methyl sites for hydroxylation is 1. The predicted octanol–water partition coefficient (Wildman–Crippen LogP) is 5.36. The Morgan fingerprint density at radius 2 is 2.06 bits per heavy atom. The normalized spacial score (nSPS) is 15.1. The molecule has 0 bridgehead atoms. The number of rotatable bonds is 7. The Morgan fingerprint density at radius 1 is 1.31 bits per heavy atom. The van der Waals surface area contributed by atoms with Crippen LogP contribution >= 0.6 is 23.1 Å². The zero-order chi connectivity index (χ0) is 23.4. The molecule has 0 spiro atoms. The van der Waals surface area contributed by atoms with Gasteiger partial charge in [-0.25, -0.2) is 9.78 Å². The number of thiophene rings is 1. The molecule has 0 saturated carbocycles. The van der Waals surface area contributed by atoms with Gasteiger partial charge in [0.05, 0.1) is 17.7 Å². The van der Waals surface area contributed by atoms with Gasteiger partial charge in [0.15, 0.2) is 0 Å². The number of nitrogens with one attached hydrogen (secondary N) is 1. The molecule has 0 saturated heterocycles. The van der Waals surface area contributed by atoms with E-state index in [0.29, 0.717) is 39.4 Å². The zero-order valence-corrected chi connectivity index (χ0v) is 20.9. The van der Waals surface area contributed by atoms with E-state index < -0.39 is 0 Å². The number of nitrogens with zero attached hydrogens (tertiary/aromatic N) is 2. The number of pyridine rings is 1. The smallest absolute Gasteiger partial charge is 0.341 e. The lowest BCUT2D eigenvalue weighted by molar-refractivity contribution is -0.115. The fourth-order valence-electron chi connectivity index (χ4n) is 3.84. The highest BCUT2D eigenvalue weighted by Crippen LogP contribution is 2.40. The van der Waals surface area contributed by atoms with Gasteiger partial charge in [0.25, 0.3) is 0 Å². The summed E-state index contributed by atoms with van der Waals surface area (Å²) in [5.41, 5.74) is 4.98. The van der Waals surface area contributed by atoms with Gasteiger partial charge in [-0.3, -0.25) is 4.79 Å². The van der Waals surface area contributed by atoms with Gasteiger partial charge in [0.1, 0.15) is 16.1 Å². The van der Waals surface area contributed by atoms with Crippen molar-refractivity contribution in [3.05, 3.63) is 38.4 Å². The monoisotopic (exact) mass is 471 g/mol. The van der Waals surface area contributed by atoms with Gasteiger partial charge < -0.3 is 10.1 Å². The minimum Gasteiger partial charge on any atom is -0.462 e. The Kier molecular flexibility index (Phi) is 7.96. The number of hydrogen-bond acceptors (Lipinski definition) is 7. The van der Waals surface area contributed by atoms with Crippen LogP contribution in [0.2, 0.25) is 0 Å². The van der Waals surface area contributed by atoms with Crippen molar-refractivity contribution in [3.8, 4) is 6.07 Å². The number of fused-ring (bicyclic) bond motifs is 1. The van der Waals surface area contributed by atoms with Crippen molar-refractivity contribution in [2.45, 2.75) is 65.3 Å². The highest BCUT2D eigenvalue weighted by Gasteiger charge is 2.29. The number of hydrogen-bond donors (Lipinski definition) is 1. The number of ether oxygens (including phenoxy) is 1. The molecule has 0 aliphatic heterocycles. The Bertz CT molecular complexity index is 1090. The molecule has 2 aromatic heterocycles. The Balaban J connectivity index is 1.71. The fourth-order valence-corrected chi connectivity index (χ4v) is 6.28. The molecular formula is C24H29N3O3S2. The lowest BCUT2D eigenvalue weighted by Crippen LogP contribution is -2.17. The Morgan fingerprint density at radius 3 is 2.75 bits per heavy atom. The first-order chi connectivity index (χ1) is 15.3. The highest BCUT2D eigenvalue weighted by molar-refractivity contribution is 7.99. The van der Waals surface area contributed by atoms with Gasteiger partial charge in [-0.05, 0) is 69.6 Å². The maximum absolute atomic E-state index is 12.7. The molecule has 32 heavy (non-hydrogen) atoms. The molecule has 2 heterocycles. The maximum atomic E-state index is 12.7. The topological polar surface area (TPSA) is 92.1 Å². The summed E-state index contributed by atoms with van der Waals surface area (Å²) in [4.78, 5) is 31.0. The van der Waals surface area contributed by atoms with E-state index in [1.807, 2.05) is 20.8 Å². The van der Waals surface area contributed by atoms with E-state index in [1.165, 1.54) is 28.0 Å². The SMILES string of the molecule is CCOC(=O)c1c(NC(=O)CCSc2nc(C)c(C)c(C)c2C#N)sc2c1CCC(C)C2. The number of esters is 1. The van der Waals surface area contributed by atoms with E-state index in [4.69, 9.17) is 4.74 Å². The summed E-state index contributed by atoms with van der Waals surface area (Å²) in [5.74, 6) is 0.539. The number of anilines is 1. The number of aromatic nitrogens is 1. The van der Waals surface area contributed by atoms with Crippen molar-refractivity contribution in [2.24, 2.45) is 5.92 Å². The molecule has 8 heteroatoms. The third-order valence-electron chi connectivity index (χ3n) is 5.89. The first-order valence-electron chi connectivity index (χ1n) is 10.9. The summed E-state index contributed by atoms with van der Waals surface area (Å²) in [6, 6.07) is 2.24. The molecule has 1 aliphatic rings. The Hall–Kier alpha value is -2.37. The van der Waals surface area contributed by atoms with Gasteiger partial charge in [0.2, 0.25) is 5.91 Å². The van der Waals surface area contributed by atoms with Crippen LogP contribution in [0.3, 0.4) is 0 Å². The maximum Gasteiger partial charge on any atom is 0.341 e. The molecule has 1 amide bonds. The van der Waals surface area contributed by atoms with Crippen molar-refractivity contribution in [1.82, 2.24) is 4.98 Å². The number of thioether (sulfide) groups is 1. The van der Waals surface area contributed by atoms with Gasteiger partial charge in [-0.2, -0.15) is 5.26 Å². The van der Waals surface area contributed by atoms with Crippen LogP contribution in [-0.4, -0.2) is 29.2 Å². The largest absolute Gasteiger partial charge is 0.462 e. The average molecular weight is 472 g/mol. The van der Waals surface area contributed by atoms with Crippen molar-refractivity contribution in [2.75, 3.05) is 17.7 Å². The first-order valence-corrected chi connectivity index (χ1v) is 12.7. The lowest BCUT2D eigenvalue weighted by atomic mass is 9.88. The zero-order valence-electron chi connectivity index (χ0n) is 19.3. The fraction of sp³-hybridized carbons (Fsp3) is 0.500. The van der Waals surface area contributed by atoms with Crippen LogP contribution in [0, 0.1) is 38.0 Å². The molecule has 1 aliphatic carbocycles. The van der Waals surface area contributed by atoms with Gasteiger partial charge in [0, 0.05) is 22.7 Å². The molecule has 6 nitrogen and oxygen atoms in total. The summed E-state index contributed by atoms with van der Waals surface area (Å²) in [6.45, 7) is 10.1. The summed E-state index contributed by atoms with van der Waals surface area (Å²) in [6.07, 6.45) is 3.04. The molecular weight excluding hydrogens is 442 g/mol. The molecule has 1 unspecified atom stereocenters. The van der Waals surface area contributed by atoms with Crippen molar-refractivity contribution in [3.63, 3.8) is 0 Å². The van der Waals surface area contributed by atoms with Crippen LogP contribution in [0.4, 0.5) is 5.00 Å². The second kappa shape index (κ2) is 10.5. The molecule has 170 valence electrons. The lowest BCUT2D eigenvalue weighted by Gasteiger charge is -2.18. The number of nitriles is 1. The van der Waals surface area contributed by atoms with Crippen molar-refractivity contribution >= 4 is 40.0 Å². The minimum atomic E-state index is -0.363. The third kappa shape index (κ3) is 5.16. The highest BCUT2D eigenvalue weighted by atomic mass is 32.2. The second-order valence-electron chi connectivity index (χ2n) is 8.16. The minimum absolute atomic E-state index is 0.159. The Labute approximate surface area is 197 Å². The van der Waals surface area contributed by atoms with E-state index in [-0.39, 0.29) is 18.3 Å². The molecule has 1 atom stereocenters. The average Bonchev–Trinajstić information content (AvgIpc) is 3.09. The summed E-state index contributed by atoms with van der Waals surface area (Å²) < 4.78 is 5.27. The summed E-state index contributed by atoms with van der Waals surface area (Å²) in [7, 11) is 0. The molecule has 3 rings (SSSR count). The molecule has 0 fully saturated rings. The van der Waals surface area contributed by atoms with E-state index in [0.717, 1.165) is 41.6 Å². The second-order valence-corrected chi connectivity index (χ2v) is 10.4. The molecule has 2 aromatic rings. The first kappa shape index (κ1) is 24.3. The van der Waals surface area contributed by atoms with E-state index in [1.54, 1.807) is 6.92 Å². The van der Waals surface area contributed by atoms with Crippen LogP contribution < -0.4 is 5.32 Å². The van der Waals surface area contributed by atoms with E-state index in [9.17, 15) is 14.9 Å². The van der Waals surface area contributed by atoms with Crippen molar-refractivity contribution < 1.29 is 14.3 Å². The van der Waals surface area contributed by atoms with Crippen LogP contribution in [0.1, 0.15) is 69.9 Å². The van der Waals surface area contributed by atoms with E-state index >= 15 is 0 Å². The third-order valence-corrected chi connectivity index (χ3v) is 8.03.